The van der Waals surface area contributed by atoms with E-state index >= 15 is 0 Å². The van der Waals surface area contributed by atoms with Gasteiger partial charge >= 0.3 is 6.09 Å². The minimum absolute atomic E-state index is 0.140. The Morgan fingerprint density at radius 2 is 1.88 bits per heavy atom. The maximum Gasteiger partial charge on any atom is 0.410 e. The molecule has 1 amide bonds. The number of rotatable bonds is 9. The Hall–Kier alpha value is -2.07. The molecule has 0 bridgehead atoms. The number of hydrogen-bond donors (Lipinski definition) is 0. The standard InChI is InChI=1S/C20H29NO3/c1-6-11-18(16-23-15-17-12-9-8-10-13-17)21(14-7-2)19(22)24-20(3,4)5/h6-10,12-13,18H,1-2,11,14-16H2,3-5H3/t18-/m0/s1. The highest BCUT2D eigenvalue weighted by Crippen LogP contribution is 2.15. The number of amides is 1. The summed E-state index contributed by atoms with van der Waals surface area (Å²) < 4.78 is 11.3. The highest BCUT2D eigenvalue weighted by molar-refractivity contribution is 5.68. The van der Waals surface area contributed by atoms with Crippen molar-refractivity contribution in [2.24, 2.45) is 0 Å². The van der Waals surface area contributed by atoms with Crippen molar-refractivity contribution in [3.63, 3.8) is 0 Å². The molecular formula is C20H29NO3. The quantitative estimate of drug-likeness (QED) is 0.622. The lowest BCUT2D eigenvalue weighted by Gasteiger charge is -2.32. The Labute approximate surface area is 145 Å². The highest BCUT2D eigenvalue weighted by atomic mass is 16.6. The second kappa shape index (κ2) is 9.93. The molecule has 0 aliphatic heterocycles. The summed E-state index contributed by atoms with van der Waals surface area (Å²) in [6.07, 6.45) is 3.74. The number of nitrogens with zero attached hydrogens (tertiary/aromatic N) is 1. The first-order valence-corrected chi connectivity index (χ1v) is 8.20. The Bertz CT molecular complexity index is 519. The van der Waals surface area contributed by atoms with Gasteiger partial charge in [-0.3, -0.25) is 4.90 Å². The summed E-state index contributed by atoms with van der Waals surface area (Å²) in [6.45, 7) is 14.4. The van der Waals surface area contributed by atoms with Crippen LogP contribution in [0, 0.1) is 0 Å². The number of benzene rings is 1. The van der Waals surface area contributed by atoms with Crippen molar-refractivity contribution in [3.8, 4) is 0 Å². The molecular weight excluding hydrogens is 302 g/mol. The van der Waals surface area contributed by atoms with Crippen LogP contribution in [0.1, 0.15) is 32.8 Å². The Morgan fingerprint density at radius 1 is 1.21 bits per heavy atom. The molecule has 0 radical (unpaired) electrons. The van der Waals surface area contributed by atoms with Gasteiger partial charge in [-0.25, -0.2) is 4.79 Å². The second-order valence-electron chi connectivity index (χ2n) is 6.60. The van der Waals surface area contributed by atoms with Crippen molar-refractivity contribution in [1.29, 1.82) is 0 Å². The maximum atomic E-state index is 12.5. The minimum Gasteiger partial charge on any atom is -0.444 e. The molecule has 0 aromatic heterocycles. The molecule has 0 N–H and O–H groups in total. The van der Waals surface area contributed by atoms with Crippen molar-refractivity contribution >= 4 is 6.09 Å². The van der Waals surface area contributed by atoms with Crippen LogP contribution in [-0.4, -0.2) is 35.8 Å². The van der Waals surface area contributed by atoms with Crippen LogP contribution in [0.5, 0.6) is 0 Å². The first-order valence-electron chi connectivity index (χ1n) is 8.20. The smallest absolute Gasteiger partial charge is 0.410 e. The predicted molar refractivity (Wildman–Crippen MR) is 97.8 cm³/mol. The van der Waals surface area contributed by atoms with E-state index in [9.17, 15) is 4.79 Å². The van der Waals surface area contributed by atoms with E-state index in [0.717, 1.165) is 5.56 Å². The van der Waals surface area contributed by atoms with Gasteiger partial charge in [0.1, 0.15) is 5.60 Å². The van der Waals surface area contributed by atoms with Crippen LogP contribution in [0.3, 0.4) is 0 Å². The first-order chi connectivity index (χ1) is 11.4. The molecule has 4 heteroatoms. The average molecular weight is 331 g/mol. The molecule has 1 aromatic carbocycles. The molecule has 1 aromatic rings. The molecule has 24 heavy (non-hydrogen) atoms. The largest absolute Gasteiger partial charge is 0.444 e. The fourth-order valence-corrected chi connectivity index (χ4v) is 2.20. The molecule has 0 aliphatic rings. The molecule has 0 fully saturated rings. The number of carbonyl (C=O) groups excluding carboxylic acids is 1. The number of ether oxygens (including phenoxy) is 2. The number of hydrogen-bond acceptors (Lipinski definition) is 3. The molecule has 0 heterocycles. The molecule has 0 spiro atoms. The monoisotopic (exact) mass is 331 g/mol. The van der Waals surface area contributed by atoms with Crippen molar-refractivity contribution < 1.29 is 14.3 Å². The third-order valence-corrected chi connectivity index (χ3v) is 3.26. The Morgan fingerprint density at radius 3 is 2.42 bits per heavy atom. The van der Waals surface area contributed by atoms with Gasteiger partial charge < -0.3 is 9.47 Å². The Balaban J connectivity index is 2.70. The molecule has 0 saturated heterocycles. The zero-order chi connectivity index (χ0) is 18.0. The highest BCUT2D eigenvalue weighted by Gasteiger charge is 2.27. The van der Waals surface area contributed by atoms with Gasteiger partial charge in [0.05, 0.1) is 19.3 Å². The molecule has 0 unspecified atom stereocenters. The first kappa shape index (κ1) is 20.0. The lowest BCUT2D eigenvalue weighted by atomic mass is 10.1. The lowest BCUT2D eigenvalue weighted by Crippen LogP contribution is -2.45. The van der Waals surface area contributed by atoms with Gasteiger partial charge in [0, 0.05) is 6.54 Å². The summed E-state index contributed by atoms with van der Waals surface area (Å²) in [4.78, 5) is 14.1. The van der Waals surface area contributed by atoms with Crippen LogP contribution in [-0.2, 0) is 16.1 Å². The maximum absolute atomic E-state index is 12.5. The van der Waals surface area contributed by atoms with E-state index in [-0.39, 0.29) is 12.1 Å². The zero-order valence-electron chi connectivity index (χ0n) is 15.0. The Kier molecular flexibility index (Phi) is 8.27. The fraction of sp³-hybridized carbons (Fsp3) is 0.450. The summed E-state index contributed by atoms with van der Waals surface area (Å²) in [6, 6.07) is 9.81. The molecule has 1 rings (SSSR count). The molecule has 132 valence electrons. The van der Waals surface area contributed by atoms with Gasteiger partial charge in [0.25, 0.3) is 0 Å². The third kappa shape index (κ3) is 7.47. The molecule has 1 atom stereocenters. The van der Waals surface area contributed by atoms with E-state index < -0.39 is 5.60 Å². The van der Waals surface area contributed by atoms with Gasteiger partial charge in [-0.1, -0.05) is 42.5 Å². The normalized spacial score (nSPS) is 12.3. The van der Waals surface area contributed by atoms with Crippen LogP contribution in [0.25, 0.3) is 0 Å². The number of carbonyl (C=O) groups is 1. The summed E-state index contributed by atoms with van der Waals surface area (Å²) in [5, 5.41) is 0. The van der Waals surface area contributed by atoms with Crippen molar-refractivity contribution in [2.75, 3.05) is 13.2 Å². The van der Waals surface area contributed by atoms with E-state index in [0.29, 0.717) is 26.2 Å². The molecule has 0 saturated carbocycles. The van der Waals surface area contributed by atoms with Crippen LogP contribution in [0.2, 0.25) is 0 Å². The average Bonchev–Trinajstić information content (AvgIpc) is 2.51. The predicted octanol–water partition coefficient (Wildman–Crippen LogP) is 4.57. The fourth-order valence-electron chi connectivity index (χ4n) is 2.20. The summed E-state index contributed by atoms with van der Waals surface area (Å²) in [7, 11) is 0. The van der Waals surface area contributed by atoms with Crippen molar-refractivity contribution in [1.82, 2.24) is 4.90 Å². The topological polar surface area (TPSA) is 38.8 Å². The van der Waals surface area contributed by atoms with Gasteiger partial charge in [-0.15, -0.1) is 13.2 Å². The van der Waals surface area contributed by atoms with Crippen molar-refractivity contribution in [3.05, 3.63) is 61.2 Å². The van der Waals surface area contributed by atoms with E-state index in [1.807, 2.05) is 51.1 Å². The van der Waals surface area contributed by atoms with Crippen molar-refractivity contribution in [2.45, 2.75) is 45.4 Å². The third-order valence-electron chi connectivity index (χ3n) is 3.26. The lowest BCUT2D eigenvalue weighted by molar-refractivity contribution is 0.00260. The van der Waals surface area contributed by atoms with Crippen LogP contribution >= 0.6 is 0 Å². The SMILES string of the molecule is C=CC[C@@H](COCc1ccccc1)N(CC=C)C(=O)OC(C)(C)C. The molecule has 4 nitrogen and oxygen atoms in total. The van der Waals surface area contributed by atoms with Gasteiger partial charge in [0.2, 0.25) is 0 Å². The van der Waals surface area contributed by atoms with E-state index in [4.69, 9.17) is 9.47 Å². The minimum atomic E-state index is -0.542. The van der Waals surface area contributed by atoms with Crippen LogP contribution < -0.4 is 0 Å². The van der Waals surface area contributed by atoms with Crippen LogP contribution in [0.15, 0.2) is 55.6 Å². The van der Waals surface area contributed by atoms with Crippen LogP contribution in [0.4, 0.5) is 4.79 Å². The van der Waals surface area contributed by atoms with Gasteiger partial charge in [-0.2, -0.15) is 0 Å². The zero-order valence-corrected chi connectivity index (χ0v) is 15.0. The van der Waals surface area contributed by atoms with Gasteiger partial charge in [0.15, 0.2) is 0 Å². The summed E-state index contributed by atoms with van der Waals surface area (Å²) in [5.41, 5.74) is 0.558. The second-order valence-corrected chi connectivity index (χ2v) is 6.60. The van der Waals surface area contributed by atoms with E-state index in [1.54, 1.807) is 17.1 Å². The van der Waals surface area contributed by atoms with E-state index in [2.05, 4.69) is 13.2 Å². The van der Waals surface area contributed by atoms with E-state index in [1.165, 1.54) is 0 Å². The van der Waals surface area contributed by atoms with Gasteiger partial charge in [-0.05, 0) is 32.8 Å². The molecule has 0 aliphatic carbocycles. The summed E-state index contributed by atoms with van der Waals surface area (Å²) >= 11 is 0. The summed E-state index contributed by atoms with van der Waals surface area (Å²) in [5.74, 6) is 0.